The van der Waals surface area contributed by atoms with E-state index in [1.54, 1.807) is 0 Å². The molecule has 5 heteroatoms. The highest BCUT2D eigenvalue weighted by molar-refractivity contribution is 5.78. The molecule has 2 fully saturated rings. The van der Waals surface area contributed by atoms with Crippen molar-refractivity contribution in [2.75, 3.05) is 45.9 Å². The highest BCUT2D eigenvalue weighted by Crippen LogP contribution is 2.17. The molecule has 0 bridgehead atoms. The van der Waals surface area contributed by atoms with Crippen molar-refractivity contribution in [2.45, 2.75) is 51.6 Å². The van der Waals surface area contributed by atoms with Gasteiger partial charge in [-0.15, -0.1) is 0 Å². The van der Waals surface area contributed by atoms with E-state index >= 15 is 0 Å². The van der Waals surface area contributed by atoms with E-state index in [2.05, 4.69) is 35.9 Å². The van der Waals surface area contributed by atoms with Crippen LogP contribution in [0.5, 0.6) is 0 Å². The van der Waals surface area contributed by atoms with Gasteiger partial charge < -0.3 is 10.1 Å². The number of nitrogens with one attached hydrogen (secondary N) is 1. The molecule has 122 valence electrons. The van der Waals surface area contributed by atoms with Crippen LogP contribution in [0.4, 0.5) is 0 Å². The molecule has 2 aliphatic heterocycles. The van der Waals surface area contributed by atoms with Crippen molar-refractivity contribution < 1.29 is 9.53 Å². The second-order valence-corrected chi connectivity index (χ2v) is 7.00. The van der Waals surface area contributed by atoms with E-state index in [0.717, 1.165) is 32.8 Å². The van der Waals surface area contributed by atoms with Crippen LogP contribution in [0.25, 0.3) is 0 Å². The van der Waals surface area contributed by atoms with Gasteiger partial charge in [0.15, 0.2) is 0 Å². The van der Waals surface area contributed by atoms with Crippen LogP contribution in [0.15, 0.2) is 0 Å². The number of morpholine rings is 1. The minimum Gasteiger partial charge on any atom is -0.379 e. The summed E-state index contributed by atoms with van der Waals surface area (Å²) < 4.78 is 5.40. The number of rotatable bonds is 5. The molecule has 2 heterocycles. The molecule has 2 aliphatic rings. The molecule has 21 heavy (non-hydrogen) atoms. The van der Waals surface area contributed by atoms with Crippen LogP contribution < -0.4 is 5.32 Å². The minimum absolute atomic E-state index is 0.00699. The summed E-state index contributed by atoms with van der Waals surface area (Å²) in [5.41, 5.74) is -0.00699. The van der Waals surface area contributed by atoms with Gasteiger partial charge in [0.05, 0.1) is 19.8 Å². The smallest absolute Gasteiger partial charge is 0.234 e. The second-order valence-electron chi connectivity index (χ2n) is 7.00. The Labute approximate surface area is 129 Å². The number of nitrogens with zero attached hydrogens (tertiary/aromatic N) is 2. The molecule has 2 saturated heterocycles. The lowest BCUT2D eigenvalue weighted by molar-refractivity contribution is -0.123. The summed E-state index contributed by atoms with van der Waals surface area (Å²) in [7, 11) is 0. The first-order valence-electron chi connectivity index (χ1n) is 8.32. The largest absolute Gasteiger partial charge is 0.379 e. The third-order valence-corrected chi connectivity index (χ3v) is 4.87. The Morgan fingerprint density at radius 1 is 1.24 bits per heavy atom. The zero-order chi connectivity index (χ0) is 15.3. The van der Waals surface area contributed by atoms with Crippen LogP contribution in [-0.4, -0.2) is 73.2 Å². The molecular formula is C16H31N3O2. The molecule has 0 aromatic heterocycles. The summed E-state index contributed by atoms with van der Waals surface area (Å²) in [5, 5.41) is 3.12. The lowest BCUT2D eigenvalue weighted by Gasteiger charge is -2.41. The zero-order valence-electron chi connectivity index (χ0n) is 13.9. The topological polar surface area (TPSA) is 44.8 Å². The molecule has 1 N–H and O–H groups in total. The van der Waals surface area contributed by atoms with Gasteiger partial charge in [-0.1, -0.05) is 6.42 Å². The molecule has 0 radical (unpaired) electrons. The zero-order valence-corrected chi connectivity index (χ0v) is 13.9. The van der Waals surface area contributed by atoms with Crippen LogP contribution in [0.2, 0.25) is 0 Å². The summed E-state index contributed by atoms with van der Waals surface area (Å²) in [4.78, 5) is 16.9. The predicted molar refractivity (Wildman–Crippen MR) is 84.4 cm³/mol. The third kappa shape index (κ3) is 4.94. The lowest BCUT2D eigenvalue weighted by atomic mass is 10.0. The normalized spacial score (nSPS) is 25.8. The first-order chi connectivity index (χ1) is 9.99. The molecular weight excluding hydrogens is 266 g/mol. The maximum atomic E-state index is 12.2. The van der Waals surface area contributed by atoms with Crippen molar-refractivity contribution in [3.05, 3.63) is 0 Å². The van der Waals surface area contributed by atoms with Gasteiger partial charge in [0.2, 0.25) is 5.91 Å². The first kappa shape index (κ1) is 16.7. The van der Waals surface area contributed by atoms with E-state index in [1.165, 1.54) is 19.3 Å². The van der Waals surface area contributed by atoms with Gasteiger partial charge in [-0.3, -0.25) is 14.6 Å². The monoisotopic (exact) mass is 297 g/mol. The van der Waals surface area contributed by atoms with Gasteiger partial charge in [-0.2, -0.15) is 0 Å². The average Bonchev–Trinajstić information content (AvgIpc) is 2.49. The molecule has 0 aliphatic carbocycles. The number of likely N-dealkylation sites (tertiary alicyclic amines) is 1. The van der Waals surface area contributed by atoms with E-state index in [9.17, 15) is 4.79 Å². The number of hydrogen-bond donors (Lipinski definition) is 1. The number of carbonyl (C=O) groups excluding carboxylic acids is 1. The lowest BCUT2D eigenvalue weighted by Crippen LogP contribution is -2.56. The van der Waals surface area contributed by atoms with Crippen molar-refractivity contribution in [2.24, 2.45) is 0 Å². The molecule has 0 aromatic carbocycles. The van der Waals surface area contributed by atoms with Gasteiger partial charge in [-0.25, -0.2) is 0 Å². The van der Waals surface area contributed by atoms with E-state index in [1.807, 2.05) is 0 Å². The summed E-state index contributed by atoms with van der Waals surface area (Å²) in [6, 6.07) is 0.539. The highest BCUT2D eigenvalue weighted by Gasteiger charge is 2.29. The number of hydrogen-bond acceptors (Lipinski definition) is 4. The van der Waals surface area contributed by atoms with Crippen molar-refractivity contribution in [3.63, 3.8) is 0 Å². The van der Waals surface area contributed by atoms with E-state index < -0.39 is 0 Å². The van der Waals surface area contributed by atoms with Crippen molar-refractivity contribution in [3.8, 4) is 0 Å². The molecule has 0 spiro atoms. The first-order valence-corrected chi connectivity index (χ1v) is 8.32. The van der Waals surface area contributed by atoms with Crippen molar-refractivity contribution in [1.82, 2.24) is 15.1 Å². The summed E-state index contributed by atoms with van der Waals surface area (Å²) in [6.45, 7) is 12.4. The van der Waals surface area contributed by atoms with E-state index in [4.69, 9.17) is 4.74 Å². The van der Waals surface area contributed by atoms with Crippen LogP contribution in [0.1, 0.15) is 40.0 Å². The summed E-state index contributed by atoms with van der Waals surface area (Å²) >= 11 is 0. The maximum Gasteiger partial charge on any atom is 0.234 e. The van der Waals surface area contributed by atoms with Crippen LogP contribution in [0, 0.1) is 0 Å². The Hall–Kier alpha value is -0.650. The molecule has 0 saturated carbocycles. The fourth-order valence-corrected chi connectivity index (χ4v) is 3.23. The molecule has 0 aromatic rings. The van der Waals surface area contributed by atoms with Crippen molar-refractivity contribution in [1.29, 1.82) is 0 Å². The van der Waals surface area contributed by atoms with Gasteiger partial charge in [-0.05, 0) is 40.2 Å². The Bertz CT molecular complexity index is 340. The fraction of sp³-hybridized carbons (Fsp3) is 0.938. The summed E-state index contributed by atoms with van der Waals surface area (Å²) in [5.74, 6) is 0.157. The van der Waals surface area contributed by atoms with Crippen LogP contribution >= 0.6 is 0 Å². The second kappa shape index (κ2) is 7.56. The van der Waals surface area contributed by atoms with Gasteiger partial charge in [0, 0.05) is 31.2 Å². The van der Waals surface area contributed by atoms with Gasteiger partial charge in [0.1, 0.15) is 0 Å². The van der Waals surface area contributed by atoms with Crippen LogP contribution in [-0.2, 0) is 9.53 Å². The fourth-order valence-electron chi connectivity index (χ4n) is 3.23. The van der Waals surface area contributed by atoms with Crippen molar-refractivity contribution >= 4 is 5.91 Å². The number of carbonyl (C=O) groups is 1. The third-order valence-electron chi connectivity index (χ3n) is 4.87. The summed E-state index contributed by atoms with van der Waals surface area (Å²) in [6.07, 6.45) is 3.73. The standard InChI is InChI=1S/C16H31N3O2/c1-14-6-4-5-7-18(14)12-15(20)17-13-16(2,3)19-8-10-21-11-9-19/h14H,4-13H2,1-3H3,(H,17,20). The molecule has 2 rings (SSSR count). The van der Waals surface area contributed by atoms with E-state index in [0.29, 0.717) is 19.1 Å². The molecule has 1 atom stereocenters. The Morgan fingerprint density at radius 3 is 2.62 bits per heavy atom. The highest BCUT2D eigenvalue weighted by atomic mass is 16.5. The predicted octanol–water partition coefficient (Wildman–Crippen LogP) is 1.09. The maximum absolute atomic E-state index is 12.2. The van der Waals surface area contributed by atoms with Gasteiger partial charge in [0.25, 0.3) is 0 Å². The van der Waals surface area contributed by atoms with Crippen LogP contribution in [0.3, 0.4) is 0 Å². The number of ether oxygens (including phenoxy) is 1. The number of piperidine rings is 1. The quantitative estimate of drug-likeness (QED) is 0.825. The number of amides is 1. The Balaban J connectivity index is 1.74. The minimum atomic E-state index is -0.00699. The molecule has 1 unspecified atom stereocenters. The molecule has 5 nitrogen and oxygen atoms in total. The Morgan fingerprint density at radius 2 is 1.95 bits per heavy atom. The van der Waals surface area contributed by atoms with E-state index in [-0.39, 0.29) is 11.4 Å². The molecule has 1 amide bonds. The Kier molecular flexibility index (Phi) is 6.02. The van der Waals surface area contributed by atoms with Gasteiger partial charge >= 0.3 is 0 Å². The average molecular weight is 297 g/mol. The SMILES string of the molecule is CC1CCCCN1CC(=O)NCC(C)(C)N1CCOCC1.